The molecule has 0 aliphatic heterocycles. The largest absolute Gasteiger partial charge is 0.388 e. The van der Waals surface area contributed by atoms with E-state index < -0.39 is 6.10 Å². The standard InChI is InChI=1S/C15H15NO/c17-15(12-5-3-7-16-10-12)9-13-8-11-4-1-2-6-14(11)13/h1-7,10,13,15,17H,8-9H2. The van der Waals surface area contributed by atoms with Crippen molar-refractivity contribution >= 4 is 0 Å². The third kappa shape index (κ3) is 1.96. The summed E-state index contributed by atoms with van der Waals surface area (Å²) in [7, 11) is 0. The summed E-state index contributed by atoms with van der Waals surface area (Å²) in [6.45, 7) is 0. The van der Waals surface area contributed by atoms with Crippen molar-refractivity contribution < 1.29 is 5.11 Å². The molecule has 0 fully saturated rings. The molecule has 2 nitrogen and oxygen atoms in total. The lowest BCUT2D eigenvalue weighted by atomic mass is 9.74. The smallest absolute Gasteiger partial charge is 0.0810 e. The van der Waals surface area contributed by atoms with Crippen molar-refractivity contribution in [3.05, 3.63) is 65.5 Å². The summed E-state index contributed by atoms with van der Waals surface area (Å²) in [5, 5.41) is 10.1. The first-order valence-electron chi connectivity index (χ1n) is 6.00. The van der Waals surface area contributed by atoms with Crippen molar-refractivity contribution in [2.24, 2.45) is 0 Å². The van der Waals surface area contributed by atoms with Gasteiger partial charge < -0.3 is 5.11 Å². The van der Waals surface area contributed by atoms with Crippen LogP contribution in [-0.2, 0) is 6.42 Å². The zero-order valence-corrected chi connectivity index (χ0v) is 9.58. The van der Waals surface area contributed by atoms with Gasteiger partial charge in [-0.05, 0) is 41.5 Å². The number of aliphatic hydroxyl groups is 1. The van der Waals surface area contributed by atoms with Gasteiger partial charge in [0, 0.05) is 12.4 Å². The maximum Gasteiger partial charge on any atom is 0.0810 e. The molecule has 0 radical (unpaired) electrons. The molecule has 1 N–H and O–H groups in total. The molecule has 17 heavy (non-hydrogen) atoms. The quantitative estimate of drug-likeness (QED) is 0.871. The minimum Gasteiger partial charge on any atom is -0.388 e. The molecule has 0 bridgehead atoms. The van der Waals surface area contributed by atoms with E-state index in [2.05, 4.69) is 29.2 Å². The number of aliphatic hydroxyl groups excluding tert-OH is 1. The highest BCUT2D eigenvalue weighted by Gasteiger charge is 2.27. The van der Waals surface area contributed by atoms with Gasteiger partial charge in [0.25, 0.3) is 0 Å². The predicted octanol–water partition coefficient (Wildman–Crippen LogP) is 2.85. The van der Waals surface area contributed by atoms with Crippen molar-refractivity contribution in [1.82, 2.24) is 4.98 Å². The Morgan fingerprint density at radius 3 is 2.88 bits per heavy atom. The molecule has 1 heterocycles. The van der Waals surface area contributed by atoms with Gasteiger partial charge in [-0.3, -0.25) is 4.98 Å². The van der Waals surface area contributed by atoms with Crippen LogP contribution in [0.1, 0.15) is 35.1 Å². The number of aromatic nitrogens is 1. The van der Waals surface area contributed by atoms with E-state index in [1.165, 1.54) is 11.1 Å². The van der Waals surface area contributed by atoms with Crippen molar-refractivity contribution in [1.29, 1.82) is 0 Å². The number of hydrogen-bond donors (Lipinski definition) is 1. The van der Waals surface area contributed by atoms with Gasteiger partial charge in [-0.15, -0.1) is 0 Å². The Balaban J connectivity index is 1.70. The van der Waals surface area contributed by atoms with Crippen LogP contribution in [0.15, 0.2) is 48.8 Å². The molecule has 2 unspecified atom stereocenters. The normalized spacial score (nSPS) is 19.2. The van der Waals surface area contributed by atoms with Gasteiger partial charge in [0.1, 0.15) is 0 Å². The molecule has 2 heteroatoms. The van der Waals surface area contributed by atoms with E-state index in [0.717, 1.165) is 18.4 Å². The molecule has 0 amide bonds. The van der Waals surface area contributed by atoms with Crippen molar-refractivity contribution in [2.75, 3.05) is 0 Å². The highest BCUT2D eigenvalue weighted by molar-refractivity contribution is 5.40. The molecule has 0 spiro atoms. The second kappa shape index (κ2) is 4.30. The molecular formula is C15H15NO. The molecule has 1 aliphatic rings. The van der Waals surface area contributed by atoms with Crippen LogP contribution in [0.4, 0.5) is 0 Å². The zero-order chi connectivity index (χ0) is 11.7. The monoisotopic (exact) mass is 225 g/mol. The van der Waals surface area contributed by atoms with Crippen LogP contribution in [0.25, 0.3) is 0 Å². The lowest BCUT2D eigenvalue weighted by molar-refractivity contribution is 0.153. The number of rotatable bonds is 3. The second-order valence-electron chi connectivity index (χ2n) is 4.64. The van der Waals surface area contributed by atoms with Crippen LogP contribution in [0.2, 0.25) is 0 Å². The Morgan fingerprint density at radius 1 is 1.24 bits per heavy atom. The van der Waals surface area contributed by atoms with Crippen LogP contribution < -0.4 is 0 Å². The van der Waals surface area contributed by atoms with Crippen LogP contribution in [-0.4, -0.2) is 10.1 Å². The van der Waals surface area contributed by atoms with Gasteiger partial charge in [0.15, 0.2) is 0 Å². The summed E-state index contributed by atoms with van der Waals surface area (Å²) in [5.74, 6) is 0.501. The summed E-state index contributed by atoms with van der Waals surface area (Å²) in [5.41, 5.74) is 3.74. The SMILES string of the molecule is OC(CC1Cc2ccccc21)c1cccnc1. The Morgan fingerprint density at radius 2 is 2.12 bits per heavy atom. The highest BCUT2D eigenvalue weighted by atomic mass is 16.3. The third-order valence-electron chi connectivity index (χ3n) is 3.54. The lowest BCUT2D eigenvalue weighted by Gasteiger charge is -2.31. The van der Waals surface area contributed by atoms with E-state index in [1.54, 1.807) is 12.4 Å². The van der Waals surface area contributed by atoms with Gasteiger partial charge >= 0.3 is 0 Å². The molecule has 0 saturated heterocycles. The molecule has 2 aromatic rings. The van der Waals surface area contributed by atoms with Gasteiger partial charge in [-0.25, -0.2) is 0 Å². The van der Waals surface area contributed by atoms with Gasteiger partial charge in [-0.2, -0.15) is 0 Å². The summed E-state index contributed by atoms with van der Waals surface area (Å²) < 4.78 is 0. The molecule has 86 valence electrons. The van der Waals surface area contributed by atoms with Crippen LogP contribution in [0.5, 0.6) is 0 Å². The molecule has 1 aromatic heterocycles. The topological polar surface area (TPSA) is 33.1 Å². The fraction of sp³-hybridized carbons (Fsp3) is 0.267. The van der Waals surface area contributed by atoms with E-state index in [9.17, 15) is 5.11 Å². The van der Waals surface area contributed by atoms with Crippen molar-refractivity contribution in [3.8, 4) is 0 Å². The number of nitrogens with zero attached hydrogens (tertiary/aromatic N) is 1. The second-order valence-corrected chi connectivity index (χ2v) is 4.64. The van der Waals surface area contributed by atoms with Crippen molar-refractivity contribution in [3.63, 3.8) is 0 Å². The van der Waals surface area contributed by atoms with Crippen LogP contribution >= 0.6 is 0 Å². The third-order valence-corrected chi connectivity index (χ3v) is 3.54. The fourth-order valence-corrected chi connectivity index (χ4v) is 2.55. The summed E-state index contributed by atoms with van der Waals surface area (Å²) in [6.07, 6.45) is 4.96. The Bertz CT molecular complexity index is 509. The van der Waals surface area contributed by atoms with E-state index in [4.69, 9.17) is 0 Å². The molecule has 3 rings (SSSR count). The molecule has 2 atom stereocenters. The van der Waals surface area contributed by atoms with Crippen LogP contribution in [0.3, 0.4) is 0 Å². The minimum absolute atomic E-state index is 0.401. The minimum atomic E-state index is -0.401. The summed E-state index contributed by atoms with van der Waals surface area (Å²) in [4.78, 5) is 4.04. The maximum atomic E-state index is 10.1. The van der Waals surface area contributed by atoms with E-state index in [1.807, 2.05) is 12.1 Å². The maximum absolute atomic E-state index is 10.1. The van der Waals surface area contributed by atoms with E-state index in [0.29, 0.717) is 5.92 Å². The Labute approximate surface area is 101 Å². The number of benzene rings is 1. The van der Waals surface area contributed by atoms with Crippen molar-refractivity contribution in [2.45, 2.75) is 24.9 Å². The average molecular weight is 225 g/mol. The summed E-state index contributed by atoms with van der Waals surface area (Å²) in [6, 6.07) is 12.3. The first kappa shape index (κ1) is 10.5. The first-order valence-corrected chi connectivity index (χ1v) is 6.00. The molecule has 1 aliphatic carbocycles. The molecule has 1 aromatic carbocycles. The van der Waals surface area contributed by atoms with Gasteiger partial charge in [0.2, 0.25) is 0 Å². The lowest BCUT2D eigenvalue weighted by Crippen LogP contribution is -2.19. The zero-order valence-electron chi connectivity index (χ0n) is 9.58. The summed E-state index contributed by atoms with van der Waals surface area (Å²) >= 11 is 0. The van der Waals surface area contributed by atoms with Crippen LogP contribution in [0, 0.1) is 0 Å². The number of hydrogen-bond acceptors (Lipinski definition) is 2. The Hall–Kier alpha value is -1.67. The number of pyridine rings is 1. The first-order chi connectivity index (χ1) is 8.34. The molecule has 0 saturated carbocycles. The Kier molecular flexibility index (Phi) is 2.65. The predicted molar refractivity (Wildman–Crippen MR) is 66.7 cm³/mol. The van der Waals surface area contributed by atoms with E-state index >= 15 is 0 Å². The fourth-order valence-electron chi connectivity index (χ4n) is 2.55. The van der Waals surface area contributed by atoms with Gasteiger partial charge in [-0.1, -0.05) is 30.3 Å². The van der Waals surface area contributed by atoms with Gasteiger partial charge in [0.05, 0.1) is 6.10 Å². The molecular weight excluding hydrogens is 210 g/mol. The van der Waals surface area contributed by atoms with E-state index in [-0.39, 0.29) is 0 Å². The number of fused-ring (bicyclic) bond motifs is 1. The highest BCUT2D eigenvalue weighted by Crippen LogP contribution is 2.40. The average Bonchev–Trinajstić information content (AvgIpc) is 2.37.